The molecule has 1 aliphatic heterocycles. The second-order valence-corrected chi connectivity index (χ2v) is 3.76. The number of carbonyl (C=O) groups is 1. The average Bonchev–Trinajstić information content (AvgIpc) is 2.67. The molecule has 0 saturated carbocycles. The third kappa shape index (κ3) is 4.42. The summed E-state index contributed by atoms with van der Waals surface area (Å²) in [6.07, 6.45) is 6.70. The number of amides is 1. The van der Waals surface area contributed by atoms with E-state index in [-0.39, 0.29) is 5.91 Å². The van der Waals surface area contributed by atoms with Gasteiger partial charge >= 0.3 is 0 Å². The first-order valence-corrected chi connectivity index (χ1v) is 5.44. The topological polar surface area (TPSA) is 41.1 Å². The fourth-order valence-electron chi connectivity index (χ4n) is 1.71. The Hall–Kier alpha value is -0.830. The van der Waals surface area contributed by atoms with Gasteiger partial charge in [-0.25, -0.2) is 0 Å². The quantitative estimate of drug-likeness (QED) is 0.627. The van der Waals surface area contributed by atoms with E-state index < -0.39 is 0 Å². The molecule has 0 aromatic rings. The lowest BCUT2D eigenvalue weighted by molar-refractivity contribution is -0.121. The van der Waals surface area contributed by atoms with Gasteiger partial charge in [0.1, 0.15) is 0 Å². The molecule has 0 aliphatic carbocycles. The largest absolute Gasteiger partial charge is 0.356 e. The third-order valence-electron chi connectivity index (χ3n) is 2.55. The fourth-order valence-corrected chi connectivity index (χ4v) is 1.71. The van der Waals surface area contributed by atoms with Crippen LogP contribution in [0.15, 0.2) is 12.7 Å². The Labute approximate surface area is 86.0 Å². The number of allylic oxidation sites excluding steroid dienone is 1. The summed E-state index contributed by atoms with van der Waals surface area (Å²) in [6.45, 7) is 5.52. The third-order valence-corrected chi connectivity index (χ3v) is 2.55. The standard InChI is InChI=1S/C11H20N2O/c1-2-3-6-11(14)13-9-7-10-5-4-8-12-10/h2,10,12H,1,3-9H2,(H,13,14)/t10-/m1/s1. The summed E-state index contributed by atoms with van der Waals surface area (Å²) >= 11 is 0. The molecule has 0 aromatic heterocycles. The van der Waals surface area contributed by atoms with Gasteiger partial charge in [-0.15, -0.1) is 6.58 Å². The van der Waals surface area contributed by atoms with Crippen molar-refractivity contribution >= 4 is 5.91 Å². The molecule has 0 unspecified atom stereocenters. The predicted molar refractivity (Wildman–Crippen MR) is 58.1 cm³/mol. The molecule has 1 atom stereocenters. The van der Waals surface area contributed by atoms with Crippen molar-refractivity contribution in [1.82, 2.24) is 10.6 Å². The molecular weight excluding hydrogens is 176 g/mol. The smallest absolute Gasteiger partial charge is 0.220 e. The molecule has 2 N–H and O–H groups in total. The van der Waals surface area contributed by atoms with Crippen LogP contribution in [0.2, 0.25) is 0 Å². The van der Waals surface area contributed by atoms with Crippen molar-refractivity contribution < 1.29 is 4.79 Å². The van der Waals surface area contributed by atoms with E-state index in [9.17, 15) is 4.79 Å². The van der Waals surface area contributed by atoms with Crippen LogP contribution in [0.3, 0.4) is 0 Å². The molecule has 1 heterocycles. The number of carbonyl (C=O) groups excluding carboxylic acids is 1. The van der Waals surface area contributed by atoms with Gasteiger partial charge in [0, 0.05) is 19.0 Å². The van der Waals surface area contributed by atoms with Gasteiger partial charge in [-0.1, -0.05) is 6.08 Å². The summed E-state index contributed by atoms with van der Waals surface area (Å²) in [7, 11) is 0. The first kappa shape index (κ1) is 11.2. The van der Waals surface area contributed by atoms with Crippen LogP contribution in [0.5, 0.6) is 0 Å². The van der Waals surface area contributed by atoms with Crippen LogP contribution in [0.4, 0.5) is 0 Å². The van der Waals surface area contributed by atoms with E-state index in [0.29, 0.717) is 12.5 Å². The van der Waals surface area contributed by atoms with Crippen molar-refractivity contribution in [2.24, 2.45) is 0 Å². The van der Waals surface area contributed by atoms with E-state index in [2.05, 4.69) is 17.2 Å². The second kappa shape index (κ2) is 6.60. The molecule has 1 fully saturated rings. The minimum atomic E-state index is 0.142. The maximum atomic E-state index is 11.2. The average molecular weight is 196 g/mol. The van der Waals surface area contributed by atoms with Gasteiger partial charge in [-0.05, 0) is 32.2 Å². The lowest BCUT2D eigenvalue weighted by Crippen LogP contribution is -2.30. The Bertz CT molecular complexity index is 186. The summed E-state index contributed by atoms with van der Waals surface area (Å²) in [6, 6.07) is 0.620. The van der Waals surface area contributed by atoms with Gasteiger partial charge in [-0.2, -0.15) is 0 Å². The summed E-state index contributed by atoms with van der Waals surface area (Å²) in [5.41, 5.74) is 0. The van der Waals surface area contributed by atoms with E-state index in [1.54, 1.807) is 6.08 Å². The van der Waals surface area contributed by atoms with Crippen LogP contribution in [-0.2, 0) is 4.79 Å². The summed E-state index contributed by atoms with van der Waals surface area (Å²) in [5, 5.41) is 6.32. The highest BCUT2D eigenvalue weighted by molar-refractivity contribution is 5.75. The summed E-state index contributed by atoms with van der Waals surface area (Å²) < 4.78 is 0. The molecule has 3 nitrogen and oxygen atoms in total. The molecule has 80 valence electrons. The van der Waals surface area contributed by atoms with Gasteiger partial charge in [-0.3, -0.25) is 4.79 Å². The minimum absolute atomic E-state index is 0.142. The number of nitrogens with one attached hydrogen (secondary N) is 2. The van der Waals surface area contributed by atoms with Crippen LogP contribution in [0, 0.1) is 0 Å². The Morgan fingerprint density at radius 3 is 3.14 bits per heavy atom. The molecule has 1 aliphatic rings. The van der Waals surface area contributed by atoms with Crippen LogP contribution >= 0.6 is 0 Å². The monoisotopic (exact) mass is 196 g/mol. The molecule has 1 rings (SSSR count). The first-order valence-electron chi connectivity index (χ1n) is 5.44. The SMILES string of the molecule is C=CCCC(=O)NCC[C@H]1CCCN1. The lowest BCUT2D eigenvalue weighted by atomic mass is 10.1. The van der Waals surface area contributed by atoms with E-state index in [0.717, 1.165) is 25.9 Å². The van der Waals surface area contributed by atoms with Crippen LogP contribution in [-0.4, -0.2) is 25.0 Å². The van der Waals surface area contributed by atoms with Crippen LogP contribution in [0.25, 0.3) is 0 Å². The highest BCUT2D eigenvalue weighted by Crippen LogP contribution is 2.07. The number of hydrogen-bond donors (Lipinski definition) is 2. The summed E-state index contributed by atoms with van der Waals surface area (Å²) in [5.74, 6) is 0.142. The van der Waals surface area contributed by atoms with Crippen molar-refractivity contribution in [2.75, 3.05) is 13.1 Å². The number of hydrogen-bond acceptors (Lipinski definition) is 2. The zero-order valence-corrected chi connectivity index (χ0v) is 8.72. The van der Waals surface area contributed by atoms with Crippen molar-refractivity contribution in [3.8, 4) is 0 Å². The van der Waals surface area contributed by atoms with E-state index in [1.807, 2.05) is 0 Å². The van der Waals surface area contributed by atoms with Crippen molar-refractivity contribution in [2.45, 2.75) is 38.1 Å². The fraction of sp³-hybridized carbons (Fsp3) is 0.727. The Morgan fingerprint density at radius 1 is 1.64 bits per heavy atom. The van der Waals surface area contributed by atoms with Gasteiger partial charge in [0.2, 0.25) is 5.91 Å². The van der Waals surface area contributed by atoms with E-state index in [1.165, 1.54) is 12.8 Å². The molecule has 0 radical (unpaired) electrons. The molecule has 0 spiro atoms. The highest BCUT2D eigenvalue weighted by atomic mass is 16.1. The van der Waals surface area contributed by atoms with Gasteiger partial charge in [0.05, 0.1) is 0 Å². The van der Waals surface area contributed by atoms with Crippen LogP contribution < -0.4 is 10.6 Å². The second-order valence-electron chi connectivity index (χ2n) is 3.76. The van der Waals surface area contributed by atoms with Gasteiger partial charge in [0.25, 0.3) is 0 Å². The maximum absolute atomic E-state index is 11.2. The Morgan fingerprint density at radius 2 is 2.50 bits per heavy atom. The molecule has 0 aromatic carbocycles. The number of rotatable bonds is 6. The molecule has 14 heavy (non-hydrogen) atoms. The van der Waals surface area contributed by atoms with Gasteiger partial charge < -0.3 is 10.6 Å². The van der Waals surface area contributed by atoms with Crippen molar-refractivity contribution in [1.29, 1.82) is 0 Å². The Kier molecular flexibility index (Phi) is 5.30. The molecule has 3 heteroatoms. The lowest BCUT2D eigenvalue weighted by Gasteiger charge is -2.10. The molecule has 0 bridgehead atoms. The van der Waals surface area contributed by atoms with Crippen molar-refractivity contribution in [3.05, 3.63) is 12.7 Å². The zero-order valence-electron chi connectivity index (χ0n) is 8.72. The first-order chi connectivity index (χ1) is 6.83. The maximum Gasteiger partial charge on any atom is 0.220 e. The molecular formula is C11H20N2O. The van der Waals surface area contributed by atoms with E-state index >= 15 is 0 Å². The predicted octanol–water partition coefficient (Wildman–Crippen LogP) is 1.21. The minimum Gasteiger partial charge on any atom is -0.356 e. The molecule has 1 amide bonds. The molecule has 1 saturated heterocycles. The highest BCUT2D eigenvalue weighted by Gasteiger charge is 2.13. The van der Waals surface area contributed by atoms with Crippen molar-refractivity contribution in [3.63, 3.8) is 0 Å². The Balaban J connectivity index is 1.96. The van der Waals surface area contributed by atoms with Crippen LogP contribution in [0.1, 0.15) is 32.1 Å². The van der Waals surface area contributed by atoms with E-state index in [4.69, 9.17) is 0 Å². The normalized spacial score (nSPS) is 20.7. The summed E-state index contributed by atoms with van der Waals surface area (Å²) in [4.78, 5) is 11.2. The zero-order chi connectivity index (χ0) is 10.2. The van der Waals surface area contributed by atoms with Gasteiger partial charge in [0.15, 0.2) is 0 Å².